The van der Waals surface area contributed by atoms with Gasteiger partial charge in [0.2, 0.25) is 0 Å². The maximum absolute atomic E-state index is 13.0. The average molecular weight is 451 g/mol. The Morgan fingerprint density at radius 2 is 1.85 bits per heavy atom. The topological polar surface area (TPSA) is 124 Å². The summed E-state index contributed by atoms with van der Waals surface area (Å²) in [5.74, 6) is -0.921. The van der Waals surface area contributed by atoms with Crippen molar-refractivity contribution >= 4 is 28.9 Å². The van der Waals surface area contributed by atoms with Crippen molar-refractivity contribution in [2.24, 2.45) is 0 Å². The van der Waals surface area contributed by atoms with E-state index in [4.69, 9.17) is 13.9 Å². The first kappa shape index (κ1) is 22.0. The summed E-state index contributed by atoms with van der Waals surface area (Å²) < 4.78 is 15.8. The molecule has 10 nitrogen and oxygen atoms in total. The number of ether oxygens (including phenoxy) is 2. The van der Waals surface area contributed by atoms with Crippen molar-refractivity contribution in [3.63, 3.8) is 0 Å². The molecule has 0 atom stereocenters. The summed E-state index contributed by atoms with van der Waals surface area (Å²) in [4.78, 5) is 37.8. The van der Waals surface area contributed by atoms with E-state index in [0.717, 1.165) is 5.69 Å². The van der Waals surface area contributed by atoms with Gasteiger partial charge in [0.1, 0.15) is 5.76 Å². The maximum Gasteiger partial charge on any atom is 0.337 e. The highest BCUT2D eigenvalue weighted by atomic mass is 16.6. The number of hydrogen-bond donors (Lipinski definition) is 1. The number of nitrogens with one attached hydrogen (secondary N) is 1. The molecular formula is C23H21N3O7. The van der Waals surface area contributed by atoms with Gasteiger partial charge in [0.05, 0.1) is 47.7 Å². The molecule has 1 aliphatic rings. The second-order valence-corrected chi connectivity index (χ2v) is 7.22. The number of para-hydroxylation sites is 1. The number of carbonyl (C=O) groups excluding carboxylic acids is 2. The number of nitro benzene ring substituents is 1. The van der Waals surface area contributed by atoms with E-state index in [2.05, 4.69) is 5.32 Å². The summed E-state index contributed by atoms with van der Waals surface area (Å²) >= 11 is 0. The van der Waals surface area contributed by atoms with E-state index >= 15 is 0 Å². The van der Waals surface area contributed by atoms with Crippen molar-refractivity contribution in [1.82, 2.24) is 0 Å². The zero-order valence-electron chi connectivity index (χ0n) is 17.8. The number of carbonyl (C=O) groups is 2. The first-order valence-electron chi connectivity index (χ1n) is 10.2. The summed E-state index contributed by atoms with van der Waals surface area (Å²) in [7, 11) is 1.28. The van der Waals surface area contributed by atoms with Gasteiger partial charge in [0.25, 0.3) is 11.6 Å². The Hall–Kier alpha value is -4.18. The average Bonchev–Trinajstić information content (AvgIpc) is 3.34. The second kappa shape index (κ2) is 9.53. The predicted octanol–water partition coefficient (Wildman–Crippen LogP) is 3.73. The van der Waals surface area contributed by atoms with Crippen LogP contribution < -0.4 is 10.2 Å². The molecule has 10 heteroatoms. The van der Waals surface area contributed by atoms with Crippen LogP contribution in [-0.2, 0) is 9.47 Å². The molecule has 0 saturated carbocycles. The van der Waals surface area contributed by atoms with Crippen LogP contribution in [0.5, 0.6) is 0 Å². The molecule has 1 amide bonds. The van der Waals surface area contributed by atoms with Crippen LogP contribution in [-0.4, -0.2) is 50.2 Å². The van der Waals surface area contributed by atoms with Gasteiger partial charge in [-0.3, -0.25) is 14.9 Å². The molecule has 1 saturated heterocycles. The first-order chi connectivity index (χ1) is 16.0. The molecule has 33 heavy (non-hydrogen) atoms. The molecule has 4 rings (SSSR count). The summed E-state index contributed by atoms with van der Waals surface area (Å²) in [6.07, 6.45) is 0. The van der Waals surface area contributed by atoms with E-state index < -0.39 is 16.8 Å². The van der Waals surface area contributed by atoms with Crippen LogP contribution in [0.25, 0.3) is 11.3 Å². The van der Waals surface area contributed by atoms with Crippen LogP contribution in [0.4, 0.5) is 17.1 Å². The van der Waals surface area contributed by atoms with Crippen molar-refractivity contribution in [3.8, 4) is 11.3 Å². The molecule has 0 aliphatic carbocycles. The molecule has 2 aromatic carbocycles. The lowest BCUT2D eigenvalue weighted by atomic mass is 10.1. The van der Waals surface area contributed by atoms with Gasteiger partial charge in [0.15, 0.2) is 5.76 Å². The number of morpholine rings is 1. The van der Waals surface area contributed by atoms with Crippen molar-refractivity contribution in [2.75, 3.05) is 43.6 Å². The Morgan fingerprint density at radius 1 is 1.09 bits per heavy atom. The number of methoxy groups -OCH3 is 1. The third-order valence-electron chi connectivity index (χ3n) is 5.21. The number of furan rings is 1. The van der Waals surface area contributed by atoms with Crippen LogP contribution in [0.1, 0.15) is 20.9 Å². The number of anilines is 2. The smallest absolute Gasteiger partial charge is 0.337 e. The fourth-order valence-corrected chi connectivity index (χ4v) is 3.59. The monoisotopic (exact) mass is 451 g/mol. The molecule has 0 spiro atoms. The van der Waals surface area contributed by atoms with Gasteiger partial charge in [-0.15, -0.1) is 0 Å². The van der Waals surface area contributed by atoms with E-state index in [1.807, 2.05) is 4.90 Å². The van der Waals surface area contributed by atoms with E-state index in [-0.39, 0.29) is 28.3 Å². The van der Waals surface area contributed by atoms with Gasteiger partial charge in [-0.05, 0) is 36.4 Å². The Balaban J connectivity index is 1.63. The number of nitrogens with zero attached hydrogens (tertiary/aromatic N) is 2. The third-order valence-corrected chi connectivity index (χ3v) is 5.21. The highest BCUT2D eigenvalue weighted by Gasteiger charge is 2.22. The fourth-order valence-electron chi connectivity index (χ4n) is 3.59. The summed E-state index contributed by atoms with van der Waals surface area (Å²) in [6, 6.07) is 14.0. The fraction of sp³-hybridized carbons (Fsp3) is 0.217. The van der Waals surface area contributed by atoms with Crippen LogP contribution in [0, 0.1) is 10.1 Å². The SMILES string of the molecule is COC(=O)c1ccc(N2CCOCC2)c(NC(=O)c2ccc(-c3ccccc3[N+](=O)[O-])o2)c1. The van der Waals surface area contributed by atoms with Crippen molar-refractivity contribution in [1.29, 1.82) is 0 Å². The Morgan fingerprint density at radius 3 is 2.58 bits per heavy atom. The highest BCUT2D eigenvalue weighted by Crippen LogP contribution is 2.32. The molecule has 0 bridgehead atoms. The van der Waals surface area contributed by atoms with Gasteiger partial charge in [0, 0.05) is 19.2 Å². The molecule has 3 aromatic rings. The number of benzene rings is 2. The van der Waals surface area contributed by atoms with Crippen molar-refractivity contribution < 1.29 is 28.4 Å². The number of hydrogen-bond acceptors (Lipinski definition) is 8. The summed E-state index contributed by atoms with van der Waals surface area (Å²) in [5.41, 5.74) is 1.56. The van der Waals surface area contributed by atoms with Gasteiger partial charge in [-0.2, -0.15) is 0 Å². The van der Waals surface area contributed by atoms with Crippen LogP contribution in [0.15, 0.2) is 59.0 Å². The lowest BCUT2D eigenvalue weighted by molar-refractivity contribution is -0.384. The molecule has 1 fully saturated rings. The molecule has 1 N–H and O–H groups in total. The highest BCUT2D eigenvalue weighted by molar-refractivity contribution is 6.05. The maximum atomic E-state index is 13.0. The number of amides is 1. The first-order valence-corrected chi connectivity index (χ1v) is 10.2. The zero-order valence-corrected chi connectivity index (χ0v) is 17.8. The molecule has 0 unspecified atom stereocenters. The lowest BCUT2D eigenvalue weighted by Gasteiger charge is -2.30. The third kappa shape index (κ3) is 4.70. The minimum Gasteiger partial charge on any atom is -0.465 e. The van der Waals surface area contributed by atoms with Crippen molar-refractivity contribution in [3.05, 3.63) is 76.0 Å². The van der Waals surface area contributed by atoms with E-state index in [1.54, 1.807) is 36.4 Å². The Kier molecular flexibility index (Phi) is 6.36. The number of nitro groups is 1. The molecular weight excluding hydrogens is 430 g/mol. The summed E-state index contributed by atoms with van der Waals surface area (Å²) in [6.45, 7) is 2.35. The largest absolute Gasteiger partial charge is 0.465 e. The van der Waals surface area contributed by atoms with Crippen LogP contribution in [0.2, 0.25) is 0 Å². The summed E-state index contributed by atoms with van der Waals surface area (Å²) in [5, 5.41) is 14.1. The Labute approximate surface area is 188 Å². The number of esters is 1. The standard InChI is InChI=1S/C23H21N3O7/c1-31-23(28)15-6-7-19(25-10-12-32-13-11-25)17(14-15)24-22(27)21-9-8-20(33-21)16-4-2-3-5-18(16)26(29)30/h2-9,14H,10-13H2,1H3,(H,24,27). The molecule has 2 heterocycles. The van der Waals surface area contributed by atoms with E-state index in [9.17, 15) is 19.7 Å². The molecule has 1 aliphatic heterocycles. The van der Waals surface area contributed by atoms with Crippen LogP contribution in [0.3, 0.4) is 0 Å². The van der Waals surface area contributed by atoms with E-state index in [0.29, 0.717) is 32.0 Å². The van der Waals surface area contributed by atoms with E-state index in [1.165, 1.54) is 25.3 Å². The van der Waals surface area contributed by atoms with Gasteiger partial charge in [-0.1, -0.05) is 12.1 Å². The van der Waals surface area contributed by atoms with Crippen LogP contribution >= 0.6 is 0 Å². The normalized spacial score (nSPS) is 13.4. The van der Waals surface area contributed by atoms with Gasteiger partial charge < -0.3 is 24.1 Å². The van der Waals surface area contributed by atoms with Gasteiger partial charge in [-0.25, -0.2) is 4.79 Å². The quantitative estimate of drug-likeness (QED) is 0.342. The number of rotatable bonds is 6. The molecule has 170 valence electrons. The second-order valence-electron chi connectivity index (χ2n) is 7.22. The molecule has 1 aromatic heterocycles. The molecule has 0 radical (unpaired) electrons. The van der Waals surface area contributed by atoms with Crippen molar-refractivity contribution in [2.45, 2.75) is 0 Å². The lowest BCUT2D eigenvalue weighted by Crippen LogP contribution is -2.36. The van der Waals surface area contributed by atoms with Gasteiger partial charge >= 0.3 is 5.97 Å². The predicted molar refractivity (Wildman–Crippen MR) is 120 cm³/mol. The zero-order chi connectivity index (χ0) is 23.4. The Bertz CT molecular complexity index is 1200. The minimum absolute atomic E-state index is 0.0282. The minimum atomic E-state index is -0.559.